The van der Waals surface area contributed by atoms with E-state index in [1.54, 1.807) is 24.1 Å². The van der Waals surface area contributed by atoms with Crippen LogP contribution in [0.15, 0.2) is 88.3 Å². The van der Waals surface area contributed by atoms with E-state index in [9.17, 15) is 14.4 Å². The van der Waals surface area contributed by atoms with Crippen molar-refractivity contribution >= 4 is 22.8 Å². The Balaban J connectivity index is 1.59. The standard InChI is InChI=1S/C34H38N2O5/c1-4-5-9-26-13-15-28(16-14-26)34(39)35(18-19-40-3)23-32(37)36(21-27-10-7-6-8-11-27)22-29-24-41-31-17-12-25(2)20-30(31)33(29)38/h6-8,10-17,20,24H,4-5,9,18-19,21-23H2,1-3H3. The van der Waals surface area contributed by atoms with E-state index in [-0.39, 0.29) is 43.4 Å². The number of rotatable bonds is 13. The first-order valence-corrected chi connectivity index (χ1v) is 14.1. The number of fused-ring (bicyclic) bond motifs is 1. The van der Waals surface area contributed by atoms with Crippen LogP contribution in [-0.4, -0.2) is 48.4 Å². The summed E-state index contributed by atoms with van der Waals surface area (Å²) in [6, 6.07) is 22.6. The summed E-state index contributed by atoms with van der Waals surface area (Å²) in [6.45, 7) is 4.81. The largest absolute Gasteiger partial charge is 0.464 e. The number of amides is 2. The lowest BCUT2D eigenvalue weighted by Crippen LogP contribution is -2.44. The number of ether oxygens (including phenoxy) is 1. The Morgan fingerprint density at radius 1 is 0.902 bits per heavy atom. The molecule has 3 aromatic carbocycles. The van der Waals surface area contributed by atoms with Gasteiger partial charge in [-0.05, 0) is 55.2 Å². The van der Waals surface area contributed by atoms with Gasteiger partial charge in [0.05, 0.1) is 30.4 Å². The normalized spacial score (nSPS) is 11.0. The number of unbranched alkanes of at least 4 members (excludes halogenated alkanes) is 1. The highest BCUT2D eigenvalue weighted by Gasteiger charge is 2.24. The molecule has 0 spiro atoms. The molecule has 0 aliphatic rings. The molecule has 4 rings (SSSR count). The quantitative estimate of drug-likeness (QED) is 0.210. The third kappa shape index (κ3) is 7.92. The number of aryl methyl sites for hydroxylation is 2. The summed E-state index contributed by atoms with van der Waals surface area (Å²) in [5.74, 6) is -0.514. The molecule has 7 nitrogen and oxygen atoms in total. The molecule has 0 N–H and O–H groups in total. The van der Waals surface area contributed by atoms with Gasteiger partial charge >= 0.3 is 0 Å². The number of carbonyl (C=O) groups excluding carboxylic acids is 2. The monoisotopic (exact) mass is 554 g/mol. The van der Waals surface area contributed by atoms with Gasteiger partial charge in [-0.1, -0.05) is 67.4 Å². The van der Waals surface area contributed by atoms with Crippen molar-refractivity contribution in [3.8, 4) is 0 Å². The first-order chi connectivity index (χ1) is 19.9. The molecule has 0 saturated carbocycles. The van der Waals surface area contributed by atoms with Gasteiger partial charge in [0, 0.05) is 25.8 Å². The summed E-state index contributed by atoms with van der Waals surface area (Å²) in [5.41, 5.74) is 4.28. The van der Waals surface area contributed by atoms with E-state index in [1.165, 1.54) is 16.7 Å². The molecular weight excluding hydrogens is 516 g/mol. The van der Waals surface area contributed by atoms with Crippen LogP contribution < -0.4 is 5.43 Å². The van der Waals surface area contributed by atoms with E-state index in [1.807, 2.05) is 67.6 Å². The molecular formula is C34H38N2O5. The summed E-state index contributed by atoms with van der Waals surface area (Å²) in [7, 11) is 1.56. The SMILES string of the molecule is CCCCc1ccc(C(=O)N(CCOC)CC(=O)N(Cc2ccccc2)Cc2coc3ccc(C)cc3c2=O)cc1. The zero-order valence-electron chi connectivity index (χ0n) is 24.1. The molecule has 7 heteroatoms. The van der Waals surface area contributed by atoms with Crippen molar-refractivity contribution in [3.05, 3.63) is 117 Å². The zero-order chi connectivity index (χ0) is 29.2. The van der Waals surface area contributed by atoms with Crippen LogP contribution in [0, 0.1) is 6.92 Å². The van der Waals surface area contributed by atoms with E-state index in [0.717, 1.165) is 30.4 Å². The maximum absolute atomic E-state index is 13.8. The second-order valence-corrected chi connectivity index (χ2v) is 10.3. The number of hydrogen-bond acceptors (Lipinski definition) is 5. The number of benzene rings is 3. The van der Waals surface area contributed by atoms with Gasteiger partial charge in [0.2, 0.25) is 5.91 Å². The number of hydrogen-bond donors (Lipinski definition) is 0. The Kier molecular flexibility index (Phi) is 10.5. The van der Waals surface area contributed by atoms with Gasteiger partial charge in [-0.15, -0.1) is 0 Å². The van der Waals surface area contributed by atoms with E-state index in [4.69, 9.17) is 9.15 Å². The first-order valence-electron chi connectivity index (χ1n) is 14.1. The molecule has 0 saturated heterocycles. The van der Waals surface area contributed by atoms with Crippen LogP contribution in [0.4, 0.5) is 0 Å². The molecule has 0 radical (unpaired) electrons. The maximum Gasteiger partial charge on any atom is 0.254 e. The predicted octanol–water partition coefficient (Wildman–Crippen LogP) is 5.76. The highest BCUT2D eigenvalue weighted by atomic mass is 16.5. The van der Waals surface area contributed by atoms with Crippen LogP contribution in [0.1, 0.15) is 52.4 Å². The maximum atomic E-state index is 13.8. The summed E-state index contributed by atoms with van der Waals surface area (Å²) < 4.78 is 11.0. The lowest BCUT2D eigenvalue weighted by molar-refractivity contribution is -0.133. The van der Waals surface area contributed by atoms with E-state index in [0.29, 0.717) is 28.7 Å². The Morgan fingerprint density at radius 3 is 2.37 bits per heavy atom. The Morgan fingerprint density at radius 2 is 1.66 bits per heavy atom. The first kappa shape index (κ1) is 29.7. The van der Waals surface area contributed by atoms with Crippen LogP contribution >= 0.6 is 0 Å². The van der Waals surface area contributed by atoms with Gasteiger partial charge in [0.15, 0.2) is 5.43 Å². The van der Waals surface area contributed by atoms with Gasteiger partial charge < -0.3 is 19.0 Å². The number of carbonyl (C=O) groups is 2. The molecule has 0 aliphatic carbocycles. The summed E-state index contributed by atoms with van der Waals surface area (Å²) in [5, 5.41) is 0.480. The molecule has 0 atom stereocenters. The minimum atomic E-state index is -0.276. The van der Waals surface area contributed by atoms with Crippen molar-refractivity contribution in [1.29, 1.82) is 0 Å². The van der Waals surface area contributed by atoms with E-state index < -0.39 is 0 Å². The van der Waals surface area contributed by atoms with Gasteiger partial charge in [0.1, 0.15) is 12.1 Å². The third-order valence-corrected chi connectivity index (χ3v) is 7.13. The summed E-state index contributed by atoms with van der Waals surface area (Å²) >= 11 is 0. The van der Waals surface area contributed by atoms with E-state index >= 15 is 0 Å². The summed E-state index contributed by atoms with van der Waals surface area (Å²) in [6.07, 6.45) is 4.59. The minimum Gasteiger partial charge on any atom is -0.464 e. The molecule has 41 heavy (non-hydrogen) atoms. The molecule has 1 aromatic heterocycles. The fourth-order valence-corrected chi connectivity index (χ4v) is 4.73. The molecule has 214 valence electrons. The Hall–Kier alpha value is -4.23. The molecule has 0 bridgehead atoms. The highest BCUT2D eigenvalue weighted by Crippen LogP contribution is 2.17. The highest BCUT2D eigenvalue weighted by molar-refractivity contribution is 5.96. The second-order valence-electron chi connectivity index (χ2n) is 10.3. The number of nitrogens with zero attached hydrogens (tertiary/aromatic N) is 2. The summed E-state index contributed by atoms with van der Waals surface area (Å²) in [4.78, 5) is 43.8. The average Bonchev–Trinajstić information content (AvgIpc) is 2.99. The van der Waals surface area contributed by atoms with Crippen LogP contribution in [0.25, 0.3) is 11.0 Å². The lowest BCUT2D eigenvalue weighted by Gasteiger charge is -2.28. The molecule has 0 aliphatic heterocycles. The van der Waals surface area contributed by atoms with Crippen LogP contribution in [0.5, 0.6) is 0 Å². The van der Waals surface area contributed by atoms with Gasteiger partial charge in [0.25, 0.3) is 5.91 Å². The Bertz CT molecular complexity index is 1510. The lowest BCUT2D eigenvalue weighted by atomic mass is 10.1. The van der Waals surface area contributed by atoms with Crippen LogP contribution in [0.3, 0.4) is 0 Å². The van der Waals surface area contributed by atoms with Crippen molar-refractivity contribution in [2.24, 2.45) is 0 Å². The fraction of sp³-hybridized carbons (Fsp3) is 0.324. The topological polar surface area (TPSA) is 80.1 Å². The fourth-order valence-electron chi connectivity index (χ4n) is 4.73. The zero-order valence-corrected chi connectivity index (χ0v) is 24.1. The van der Waals surface area contributed by atoms with Crippen molar-refractivity contribution in [2.75, 3.05) is 26.8 Å². The molecule has 2 amide bonds. The molecule has 0 unspecified atom stereocenters. The molecule has 1 heterocycles. The molecule has 0 fully saturated rings. The Labute approximate surface area is 241 Å². The number of methoxy groups -OCH3 is 1. The van der Waals surface area contributed by atoms with E-state index in [2.05, 4.69) is 6.92 Å². The van der Waals surface area contributed by atoms with Gasteiger partial charge in [-0.2, -0.15) is 0 Å². The minimum absolute atomic E-state index is 0.0539. The molecule has 4 aromatic rings. The second kappa shape index (κ2) is 14.4. The predicted molar refractivity (Wildman–Crippen MR) is 161 cm³/mol. The van der Waals surface area contributed by atoms with Crippen molar-refractivity contribution < 1.29 is 18.7 Å². The van der Waals surface area contributed by atoms with Crippen molar-refractivity contribution in [3.63, 3.8) is 0 Å². The van der Waals surface area contributed by atoms with Crippen LogP contribution in [0.2, 0.25) is 0 Å². The smallest absolute Gasteiger partial charge is 0.254 e. The third-order valence-electron chi connectivity index (χ3n) is 7.13. The average molecular weight is 555 g/mol. The van der Waals surface area contributed by atoms with Gasteiger partial charge in [-0.25, -0.2) is 0 Å². The van der Waals surface area contributed by atoms with Crippen molar-refractivity contribution in [1.82, 2.24) is 9.80 Å². The van der Waals surface area contributed by atoms with Crippen LogP contribution in [-0.2, 0) is 29.0 Å². The van der Waals surface area contributed by atoms with Gasteiger partial charge in [-0.3, -0.25) is 14.4 Å². The van der Waals surface area contributed by atoms with Crippen molar-refractivity contribution in [2.45, 2.75) is 46.2 Å².